The van der Waals surface area contributed by atoms with E-state index in [1.807, 2.05) is 30.3 Å². The maximum atomic E-state index is 11.0. The van der Waals surface area contributed by atoms with Crippen LogP contribution in [0, 0.1) is 10.1 Å². The Morgan fingerprint density at radius 1 is 1.14 bits per heavy atom. The van der Waals surface area contributed by atoms with Gasteiger partial charge in [0.15, 0.2) is 0 Å². The standard InChI is InChI=1S/C16H14N2O3/c19-18(20)11-7-8-15-13(10-11)12-4-1-2-5-14(12)17(15)16-6-3-9-21-16/h1-2,4-5,7-8,10,16H,3,6,9H2. The van der Waals surface area contributed by atoms with Crippen LogP contribution in [0.2, 0.25) is 0 Å². The van der Waals surface area contributed by atoms with Gasteiger partial charge < -0.3 is 9.30 Å². The van der Waals surface area contributed by atoms with Gasteiger partial charge in [0.05, 0.1) is 16.0 Å². The van der Waals surface area contributed by atoms with E-state index in [9.17, 15) is 10.1 Å². The van der Waals surface area contributed by atoms with Crippen LogP contribution in [0.3, 0.4) is 0 Å². The van der Waals surface area contributed by atoms with Crippen LogP contribution < -0.4 is 0 Å². The molecule has 0 radical (unpaired) electrons. The minimum atomic E-state index is -0.350. The summed E-state index contributed by atoms with van der Waals surface area (Å²) >= 11 is 0. The van der Waals surface area contributed by atoms with Crippen LogP contribution in [0.5, 0.6) is 0 Å². The fourth-order valence-corrected chi connectivity index (χ4v) is 3.18. The van der Waals surface area contributed by atoms with E-state index in [2.05, 4.69) is 4.57 Å². The first-order chi connectivity index (χ1) is 10.3. The molecule has 106 valence electrons. The number of rotatable bonds is 2. The van der Waals surface area contributed by atoms with Crippen LogP contribution in [-0.2, 0) is 4.74 Å². The molecule has 0 spiro atoms. The van der Waals surface area contributed by atoms with E-state index in [0.29, 0.717) is 0 Å². The van der Waals surface area contributed by atoms with Crippen LogP contribution >= 0.6 is 0 Å². The number of fused-ring (bicyclic) bond motifs is 3. The quantitative estimate of drug-likeness (QED) is 0.527. The largest absolute Gasteiger partial charge is 0.358 e. The molecule has 1 atom stereocenters. The smallest absolute Gasteiger partial charge is 0.270 e. The van der Waals surface area contributed by atoms with Crippen molar-refractivity contribution in [2.75, 3.05) is 6.61 Å². The third-order valence-corrected chi connectivity index (χ3v) is 4.10. The van der Waals surface area contributed by atoms with Gasteiger partial charge in [0.1, 0.15) is 6.23 Å². The summed E-state index contributed by atoms with van der Waals surface area (Å²) in [5.74, 6) is 0. The zero-order valence-electron chi connectivity index (χ0n) is 11.4. The summed E-state index contributed by atoms with van der Waals surface area (Å²) in [6.07, 6.45) is 2.05. The lowest BCUT2D eigenvalue weighted by Crippen LogP contribution is -2.06. The molecule has 5 heteroatoms. The van der Waals surface area contributed by atoms with E-state index in [0.717, 1.165) is 41.3 Å². The Morgan fingerprint density at radius 3 is 2.71 bits per heavy atom. The van der Waals surface area contributed by atoms with Gasteiger partial charge in [0.2, 0.25) is 0 Å². The average Bonchev–Trinajstić information content (AvgIpc) is 3.11. The van der Waals surface area contributed by atoms with Gasteiger partial charge in [-0.25, -0.2) is 0 Å². The lowest BCUT2D eigenvalue weighted by molar-refractivity contribution is -0.384. The Balaban J connectivity index is 2.07. The van der Waals surface area contributed by atoms with Crippen LogP contribution in [0.4, 0.5) is 5.69 Å². The molecule has 0 saturated carbocycles. The maximum Gasteiger partial charge on any atom is 0.270 e. The molecule has 1 fully saturated rings. The van der Waals surface area contributed by atoms with E-state index in [-0.39, 0.29) is 16.8 Å². The Kier molecular flexibility index (Phi) is 2.68. The molecule has 4 rings (SSSR count). The van der Waals surface area contributed by atoms with Crippen molar-refractivity contribution in [2.45, 2.75) is 19.1 Å². The van der Waals surface area contributed by atoms with Crippen molar-refractivity contribution in [3.8, 4) is 0 Å². The Bertz CT molecular complexity index is 847. The van der Waals surface area contributed by atoms with Crippen molar-refractivity contribution in [1.82, 2.24) is 4.57 Å². The van der Waals surface area contributed by atoms with Crippen LogP contribution in [-0.4, -0.2) is 16.1 Å². The van der Waals surface area contributed by atoms with Gasteiger partial charge in [-0.1, -0.05) is 18.2 Å². The summed E-state index contributed by atoms with van der Waals surface area (Å²) in [4.78, 5) is 10.7. The van der Waals surface area contributed by atoms with Crippen molar-refractivity contribution in [3.63, 3.8) is 0 Å². The number of hydrogen-bond donors (Lipinski definition) is 0. The number of nitro groups is 1. The Labute approximate surface area is 120 Å². The van der Waals surface area contributed by atoms with E-state index in [4.69, 9.17) is 4.74 Å². The molecule has 3 aromatic rings. The molecule has 1 aliphatic heterocycles. The topological polar surface area (TPSA) is 57.3 Å². The number of aromatic nitrogens is 1. The van der Waals surface area contributed by atoms with E-state index in [1.54, 1.807) is 12.1 Å². The number of hydrogen-bond acceptors (Lipinski definition) is 3. The van der Waals surface area contributed by atoms with Crippen LogP contribution in [0.25, 0.3) is 21.8 Å². The summed E-state index contributed by atoms with van der Waals surface area (Å²) in [5.41, 5.74) is 2.19. The molecule has 0 amide bonds. The Hall–Kier alpha value is -2.40. The predicted molar refractivity (Wildman–Crippen MR) is 80.3 cm³/mol. The zero-order chi connectivity index (χ0) is 14.4. The molecular weight excluding hydrogens is 268 g/mol. The van der Waals surface area contributed by atoms with Crippen molar-refractivity contribution >= 4 is 27.5 Å². The summed E-state index contributed by atoms with van der Waals surface area (Å²) in [5, 5.41) is 13.0. The third kappa shape index (κ3) is 1.81. The fraction of sp³-hybridized carbons (Fsp3) is 0.250. The van der Waals surface area contributed by atoms with Gasteiger partial charge in [-0.15, -0.1) is 0 Å². The zero-order valence-corrected chi connectivity index (χ0v) is 11.4. The predicted octanol–water partition coefficient (Wildman–Crippen LogP) is 4.01. The summed E-state index contributed by atoms with van der Waals surface area (Å²) in [6, 6.07) is 13.0. The Morgan fingerprint density at radius 2 is 1.95 bits per heavy atom. The second kappa shape index (κ2) is 4.56. The molecule has 1 aliphatic rings. The van der Waals surface area contributed by atoms with Crippen LogP contribution in [0.1, 0.15) is 19.1 Å². The van der Waals surface area contributed by atoms with Crippen LogP contribution in [0.15, 0.2) is 42.5 Å². The molecule has 2 heterocycles. The van der Waals surface area contributed by atoms with Gasteiger partial charge in [-0.3, -0.25) is 10.1 Å². The highest BCUT2D eigenvalue weighted by Crippen LogP contribution is 2.36. The second-order valence-electron chi connectivity index (χ2n) is 5.31. The number of nitrogens with zero attached hydrogens (tertiary/aromatic N) is 2. The first-order valence-corrected chi connectivity index (χ1v) is 7.04. The highest BCUT2D eigenvalue weighted by molar-refractivity contribution is 6.08. The van der Waals surface area contributed by atoms with E-state index >= 15 is 0 Å². The number of nitro benzene ring substituents is 1. The number of ether oxygens (including phenoxy) is 1. The number of benzene rings is 2. The van der Waals surface area contributed by atoms with Gasteiger partial charge in [-0.05, 0) is 25.0 Å². The molecule has 1 unspecified atom stereocenters. The van der Waals surface area contributed by atoms with Gasteiger partial charge in [0.25, 0.3) is 5.69 Å². The minimum absolute atomic E-state index is 0.0221. The first-order valence-electron chi connectivity index (χ1n) is 7.04. The molecule has 0 bridgehead atoms. The minimum Gasteiger partial charge on any atom is -0.358 e. The lowest BCUT2D eigenvalue weighted by atomic mass is 10.1. The molecular formula is C16H14N2O3. The number of non-ortho nitro benzene ring substituents is 1. The summed E-state index contributed by atoms with van der Waals surface area (Å²) < 4.78 is 7.99. The van der Waals surface area contributed by atoms with Gasteiger partial charge in [-0.2, -0.15) is 0 Å². The highest BCUT2D eigenvalue weighted by Gasteiger charge is 2.23. The third-order valence-electron chi connectivity index (χ3n) is 4.10. The summed E-state index contributed by atoms with van der Waals surface area (Å²) in [7, 11) is 0. The highest BCUT2D eigenvalue weighted by atomic mass is 16.6. The molecule has 2 aromatic carbocycles. The SMILES string of the molecule is O=[N+]([O-])c1ccc2c(c1)c1ccccc1n2C1CCCO1. The van der Waals surface area contributed by atoms with Gasteiger partial charge in [0, 0.05) is 29.5 Å². The normalized spacial score (nSPS) is 18.6. The molecule has 0 N–H and O–H groups in total. The molecule has 1 aromatic heterocycles. The average molecular weight is 282 g/mol. The molecule has 1 saturated heterocycles. The van der Waals surface area contributed by atoms with Crippen molar-refractivity contribution in [2.24, 2.45) is 0 Å². The summed E-state index contributed by atoms with van der Waals surface area (Å²) in [6.45, 7) is 0.769. The monoisotopic (exact) mass is 282 g/mol. The molecule has 5 nitrogen and oxygen atoms in total. The second-order valence-corrected chi connectivity index (χ2v) is 5.31. The van der Waals surface area contributed by atoms with Crippen molar-refractivity contribution in [3.05, 3.63) is 52.6 Å². The first kappa shape index (κ1) is 12.3. The lowest BCUT2D eigenvalue weighted by Gasteiger charge is -2.14. The molecule has 0 aliphatic carbocycles. The van der Waals surface area contributed by atoms with E-state index in [1.165, 1.54) is 0 Å². The molecule has 21 heavy (non-hydrogen) atoms. The van der Waals surface area contributed by atoms with Crippen molar-refractivity contribution in [1.29, 1.82) is 0 Å². The number of para-hydroxylation sites is 1. The fourth-order valence-electron chi connectivity index (χ4n) is 3.18. The van der Waals surface area contributed by atoms with Gasteiger partial charge >= 0.3 is 0 Å². The maximum absolute atomic E-state index is 11.0. The van der Waals surface area contributed by atoms with Crippen molar-refractivity contribution < 1.29 is 9.66 Å². The van der Waals surface area contributed by atoms with E-state index < -0.39 is 0 Å².